The van der Waals surface area contributed by atoms with Crippen LogP contribution in [0.5, 0.6) is 0 Å². The number of ether oxygens (including phenoxy) is 1. The Kier molecular flexibility index (Phi) is 6.07. The molecule has 0 radical (unpaired) electrons. The molecular formula is C12H22N2O4. The highest BCUT2D eigenvalue weighted by Gasteiger charge is 2.27. The summed E-state index contributed by atoms with van der Waals surface area (Å²) in [4.78, 5) is 24.1. The molecule has 1 fully saturated rings. The van der Waals surface area contributed by atoms with Crippen LogP contribution < -0.4 is 5.73 Å². The molecule has 104 valence electrons. The van der Waals surface area contributed by atoms with Crippen LogP contribution in [0.1, 0.15) is 32.6 Å². The molecule has 6 heteroatoms. The zero-order chi connectivity index (χ0) is 13.5. The predicted octanol–water partition coefficient (Wildman–Crippen LogP) is 0.206. The maximum Gasteiger partial charge on any atom is 0.303 e. The fraction of sp³-hybridized carbons (Fsp3) is 0.833. The molecular weight excluding hydrogens is 236 g/mol. The first-order valence-electron chi connectivity index (χ1n) is 6.42. The van der Waals surface area contributed by atoms with Gasteiger partial charge in [0.2, 0.25) is 5.91 Å². The summed E-state index contributed by atoms with van der Waals surface area (Å²) in [5.41, 5.74) is 5.72. The lowest BCUT2D eigenvalue weighted by atomic mass is 10.1. The number of rotatable bonds is 6. The van der Waals surface area contributed by atoms with E-state index in [0.717, 1.165) is 12.8 Å². The maximum absolute atomic E-state index is 12.0. The quantitative estimate of drug-likeness (QED) is 0.710. The number of hydrogen-bond acceptors (Lipinski definition) is 4. The number of hydrogen-bond donors (Lipinski definition) is 2. The normalized spacial score (nSPS) is 21.7. The smallest absolute Gasteiger partial charge is 0.303 e. The lowest BCUT2D eigenvalue weighted by Gasteiger charge is -2.34. The minimum atomic E-state index is -0.927. The van der Waals surface area contributed by atoms with Gasteiger partial charge in [-0.2, -0.15) is 0 Å². The second-order valence-corrected chi connectivity index (χ2v) is 4.54. The monoisotopic (exact) mass is 258 g/mol. The molecule has 6 nitrogen and oxygen atoms in total. The van der Waals surface area contributed by atoms with Gasteiger partial charge in [0, 0.05) is 26.1 Å². The number of nitrogens with two attached hydrogens (primary N) is 1. The third-order valence-electron chi connectivity index (χ3n) is 3.08. The summed E-state index contributed by atoms with van der Waals surface area (Å²) in [6.45, 7) is 3.81. The first kappa shape index (κ1) is 14.9. The third-order valence-corrected chi connectivity index (χ3v) is 3.08. The Balaban J connectivity index is 2.42. The lowest BCUT2D eigenvalue weighted by Crippen LogP contribution is -2.49. The van der Waals surface area contributed by atoms with Crippen LogP contribution in [0, 0.1) is 0 Å². The summed E-state index contributed by atoms with van der Waals surface area (Å²) in [6, 6.07) is -0.721. The maximum atomic E-state index is 12.0. The minimum Gasteiger partial charge on any atom is -0.481 e. The highest BCUT2D eigenvalue weighted by molar-refractivity contribution is 5.82. The summed E-state index contributed by atoms with van der Waals surface area (Å²) in [5.74, 6) is -1.09. The number of nitrogens with zero attached hydrogens (tertiary/aromatic N) is 1. The van der Waals surface area contributed by atoms with E-state index in [1.165, 1.54) is 0 Å². The number of likely N-dealkylation sites (tertiary alicyclic amines) is 1. The fourth-order valence-electron chi connectivity index (χ4n) is 2.15. The van der Waals surface area contributed by atoms with Gasteiger partial charge in [-0.15, -0.1) is 0 Å². The van der Waals surface area contributed by atoms with Crippen LogP contribution in [0.4, 0.5) is 0 Å². The van der Waals surface area contributed by atoms with Crippen LogP contribution in [0.2, 0.25) is 0 Å². The Morgan fingerprint density at radius 1 is 1.56 bits per heavy atom. The van der Waals surface area contributed by atoms with Gasteiger partial charge >= 0.3 is 5.97 Å². The van der Waals surface area contributed by atoms with Crippen LogP contribution in [0.15, 0.2) is 0 Å². The standard InChI is InChI=1S/C12H22N2O4/c1-2-18-9-4-3-7-14(8-9)12(17)10(13)5-6-11(15)16/h9-10H,2-8,13H2,1H3,(H,15,16). The van der Waals surface area contributed by atoms with Crippen LogP contribution in [0.25, 0.3) is 0 Å². The average molecular weight is 258 g/mol. The average Bonchev–Trinajstić information content (AvgIpc) is 2.35. The van der Waals surface area contributed by atoms with Gasteiger partial charge in [-0.1, -0.05) is 0 Å². The van der Waals surface area contributed by atoms with Crippen molar-refractivity contribution in [3.8, 4) is 0 Å². The molecule has 0 aromatic heterocycles. The van der Waals surface area contributed by atoms with Gasteiger partial charge in [-0.05, 0) is 26.2 Å². The van der Waals surface area contributed by atoms with Crippen LogP contribution in [-0.4, -0.2) is 53.7 Å². The van der Waals surface area contributed by atoms with E-state index in [1.54, 1.807) is 4.90 Å². The molecule has 1 aliphatic rings. The first-order valence-corrected chi connectivity index (χ1v) is 6.42. The Hall–Kier alpha value is -1.14. The van der Waals surface area contributed by atoms with E-state index < -0.39 is 12.0 Å². The van der Waals surface area contributed by atoms with Gasteiger partial charge in [0.25, 0.3) is 0 Å². The van der Waals surface area contributed by atoms with Gasteiger partial charge in [0.15, 0.2) is 0 Å². The van der Waals surface area contributed by atoms with Crippen LogP contribution >= 0.6 is 0 Å². The fourth-order valence-corrected chi connectivity index (χ4v) is 2.15. The van der Waals surface area contributed by atoms with Crippen molar-refractivity contribution in [3.05, 3.63) is 0 Å². The molecule has 1 rings (SSSR count). The van der Waals surface area contributed by atoms with Gasteiger partial charge in [-0.25, -0.2) is 0 Å². The summed E-state index contributed by atoms with van der Waals surface area (Å²) in [6.07, 6.45) is 2.06. The molecule has 2 atom stereocenters. The Morgan fingerprint density at radius 2 is 2.28 bits per heavy atom. The second-order valence-electron chi connectivity index (χ2n) is 4.54. The predicted molar refractivity (Wildman–Crippen MR) is 66.1 cm³/mol. The largest absolute Gasteiger partial charge is 0.481 e. The zero-order valence-corrected chi connectivity index (χ0v) is 10.8. The van der Waals surface area contributed by atoms with Crippen molar-refractivity contribution in [2.45, 2.75) is 44.8 Å². The topological polar surface area (TPSA) is 92.9 Å². The number of carboxylic acid groups (broad SMARTS) is 1. The van der Waals surface area contributed by atoms with E-state index in [1.807, 2.05) is 6.92 Å². The van der Waals surface area contributed by atoms with Crippen LogP contribution in [-0.2, 0) is 14.3 Å². The minimum absolute atomic E-state index is 0.0738. The van der Waals surface area contributed by atoms with Crippen molar-refractivity contribution in [1.82, 2.24) is 4.90 Å². The molecule has 3 N–H and O–H groups in total. The lowest BCUT2D eigenvalue weighted by molar-refractivity contribution is -0.138. The van der Waals surface area contributed by atoms with Crippen molar-refractivity contribution in [1.29, 1.82) is 0 Å². The Labute approximate surface area is 107 Å². The molecule has 0 bridgehead atoms. The van der Waals surface area contributed by atoms with E-state index in [2.05, 4.69) is 0 Å². The Bertz CT molecular complexity index is 294. The SMILES string of the molecule is CCOC1CCCN(C(=O)C(N)CCC(=O)O)C1. The van der Waals surface area contributed by atoms with Crippen molar-refractivity contribution in [2.24, 2.45) is 5.73 Å². The van der Waals surface area contributed by atoms with E-state index in [0.29, 0.717) is 19.7 Å². The number of aliphatic carboxylic acids is 1. The second kappa shape index (κ2) is 7.33. The molecule has 0 aromatic carbocycles. The van der Waals surface area contributed by atoms with Crippen molar-refractivity contribution < 1.29 is 19.4 Å². The van der Waals surface area contributed by atoms with Gasteiger partial charge in [0.1, 0.15) is 0 Å². The molecule has 1 aliphatic heterocycles. The third kappa shape index (κ3) is 4.62. The molecule has 1 amide bonds. The first-order chi connectivity index (χ1) is 8.54. The van der Waals surface area contributed by atoms with Crippen molar-refractivity contribution in [2.75, 3.05) is 19.7 Å². The highest BCUT2D eigenvalue weighted by atomic mass is 16.5. The van der Waals surface area contributed by atoms with Crippen molar-refractivity contribution in [3.63, 3.8) is 0 Å². The number of carbonyl (C=O) groups is 2. The molecule has 1 heterocycles. The number of carboxylic acids is 1. The van der Waals surface area contributed by atoms with Crippen LogP contribution in [0.3, 0.4) is 0 Å². The summed E-state index contributed by atoms with van der Waals surface area (Å²) in [5, 5.41) is 8.57. The number of piperidine rings is 1. The highest BCUT2D eigenvalue weighted by Crippen LogP contribution is 2.14. The summed E-state index contributed by atoms with van der Waals surface area (Å²) in [7, 11) is 0. The van der Waals surface area contributed by atoms with E-state index in [4.69, 9.17) is 15.6 Å². The molecule has 0 aliphatic carbocycles. The van der Waals surface area contributed by atoms with Gasteiger partial charge in [0.05, 0.1) is 12.1 Å². The van der Waals surface area contributed by atoms with Gasteiger partial charge < -0.3 is 20.5 Å². The van der Waals surface area contributed by atoms with Gasteiger partial charge in [-0.3, -0.25) is 9.59 Å². The Morgan fingerprint density at radius 3 is 2.89 bits per heavy atom. The molecule has 0 aromatic rings. The summed E-state index contributed by atoms with van der Waals surface area (Å²) < 4.78 is 5.51. The van der Waals surface area contributed by atoms with Crippen molar-refractivity contribution >= 4 is 11.9 Å². The number of carbonyl (C=O) groups excluding carboxylic acids is 1. The molecule has 0 saturated carbocycles. The molecule has 2 unspecified atom stereocenters. The van der Waals surface area contributed by atoms with E-state index in [9.17, 15) is 9.59 Å². The summed E-state index contributed by atoms with van der Waals surface area (Å²) >= 11 is 0. The number of amides is 1. The molecule has 0 spiro atoms. The molecule has 18 heavy (non-hydrogen) atoms. The van der Waals surface area contributed by atoms with E-state index >= 15 is 0 Å². The molecule has 1 saturated heterocycles. The zero-order valence-electron chi connectivity index (χ0n) is 10.8. The van der Waals surface area contributed by atoms with E-state index in [-0.39, 0.29) is 24.9 Å².